The van der Waals surface area contributed by atoms with Crippen molar-refractivity contribution in [1.29, 1.82) is 0 Å². The average molecular weight is 900 g/mol. The van der Waals surface area contributed by atoms with Gasteiger partial charge in [-0.2, -0.15) is 0 Å². The van der Waals surface area contributed by atoms with Crippen molar-refractivity contribution in [2.24, 2.45) is 0 Å². The van der Waals surface area contributed by atoms with E-state index in [1.165, 1.54) is 218 Å². The number of quaternary nitrogens is 1. The number of hydrogen-bond donors (Lipinski definition) is 3. The standard InChI is InChI=1S/C53H107N2O6P/c1-6-8-10-11-12-13-14-15-16-17-18-19-20-21-22-23-24-25-26-27-28-29-30-31-32-33-34-35-36-37-38-39-40-41-42-43-45-47-53(57)54-51(52(56)46-44-9-7-2)50-61-62(58,59)60-49-48-55(3,4)5/h44,46,51-52,56H,6-43,45,47-50H2,1-5H3,(H-,54,57,58,59)/p+1/b46-44+. The van der Waals surface area contributed by atoms with Crippen LogP contribution in [0.2, 0.25) is 0 Å². The second kappa shape index (κ2) is 45.4. The summed E-state index contributed by atoms with van der Waals surface area (Å²) in [6, 6.07) is -0.837. The minimum absolute atomic E-state index is 0.0625. The van der Waals surface area contributed by atoms with Gasteiger partial charge in [0.05, 0.1) is 39.9 Å². The Hall–Kier alpha value is -0.760. The molecule has 0 spiro atoms. The van der Waals surface area contributed by atoms with Crippen LogP contribution < -0.4 is 5.32 Å². The molecule has 0 saturated heterocycles. The highest BCUT2D eigenvalue weighted by Gasteiger charge is 2.27. The first-order valence-electron chi connectivity index (χ1n) is 27.1. The van der Waals surface area contributed by atoms with E-state index in [2.05, 4.69) is 12.2 Å². The van der Waals surface area contributed by atoms with Crippen LogP contribution in [0.5, 0.6) is 0 Å². The predicted molar refractivity (Wildman–Crippen MR) is 268 cm³/mol. The fraction of sp³-hybridized carbons (Fsp3) is 0.943. The number of carbonyl (C=O) groups excluding carboxylic acids is 1. The third kappa shape index (κ3) is 47.2. The summed E-state index contributed by atoms with van der Waals surface area (Å²) in [6.45, 7) is 4.63. The van der Waals surface area contributed by atoms with Gasteiger partial charge in [0.1, 0.15) is 13.2 Å². The lowest BCUT2D eigenvalue weighted by atomic mass is 10.0. The Morgan fingerprint density at radius 2 is 0.855 bits per heavy atom. The van der Waals surface area contributed by atoms with Gasteiger partial charge < -0.3 is 19.8 Å². The van der Waals surface area contributed by atoms with Crippen LogP contribution in [0.15, 0.2) is 12.2 Å². The van der Waals surface area contributed by atoms with E-state index in [0.717, 1.165) is 32.1 Å². The number of rotatable bonds is 50. The lowest BCUT2D eigenvalue weighted by molar-refractivity contribution is -0.870. The topological polar surface area (TPSA) is 105 Å². The number of aliphatic hydroxyl groups is 1. The van der Waals surface area contributed by atoms with Crippen molar-refractivity contribution in [3.8, 4) is 0 Å². The van der Waals surface area contributed by atoms with Crippen molar-refractivity contribution in [2.75, 3.05) is 40.9 Å². The first-order valence-corrected chi connectivity index (χ1v) is 28.6. The maximum Gasteiger partial charge on any atom is 0.472 e. The second-order valence-electron chi connectivity index (χ2n) is 20.0. The molecule has 62 heavy (non-hydrogen) atoms. The van der Waals surface area contributed by atoms with Crippen molar-refractivity contribution in [3.05, 3.63) is 12.2 Å². The van der Waals surface area contributed by atoms with E-state index in [1.54, 1.807) is 6.08 Å². The highest BCUT2D eigenvalue weighted by Crippen LogP contribution is 2.43. The zero-order valence-electron chi connectivity index (χ0n) is 42.1. The molecule has 0 aliphatic rings. The highest BCUT2D eigenvalue weighted by molar-refractivity contribution is 7.47. The van der Waals surface area contributed by atoms with E-state index in [9.17, 15) is 19.4 Å². The molecule has 3 atom stereocenters. The third-order valence-corrected chi connectivity index (χ3v) is 13.5. The van der Waals surface area contributed by atoms with Crippen molar-refractivity contribution in [1.82, 2.24) is 5.32 Å². The van der Waals surface area contributed by atoms with Crippen molar-refractivity contribution in [2.45, 2.75) is 283 Å². The van der Waals surface area contributed by atoms with Gasteiger partial charge >= 0.3 is 7.82 Å². The summed E-state index contributed by atoms with van der Waals surface area (Å²) < 4.78 is 23.3. The molecule has 0 radical (unpaired) electrons. The van der Waals surface area contributed by atoms with Crippen LogP contribution in [0, 0.1) is 0 Å². The number of aliphatic hydroxyl groups excluding tert-OH is 1. The average Bonchev–Trinajstić information content (AvgIpc) is 3.23. The lowest BCUT2D eigenvalue weighted by Crippen LogP contribution is -2.45. The Balaban J connectivity index is 3.58. The normalized spacial score (nSPS) is 14.1. The summed E-state index contributed by atoms with van der Waals surface area (Å²) in [5, 5.41) is 13.5. The van der Waals surface area contributed by atoms with Crippen molar-refractivity contribution >= 4 is 13.7 Å². The smallest absolute Gasteiger partial charge is 0.387 e. The van der Waals surface area contributed by atoms with E-state index in [1.807, 2.05) is 34.1 Å². The number of unbranched alkanes of at least 4 members (excludes halogenated alkanes) is 37. The molecule has 370 valence electrons. The number of likely N-dealkylation sites (N-methyl/N-ethyl adjacent to an activating group) is 1. The molecule has 0 aromatic carbocycles. The molecule has 0 aliphatic carbocycles. The zero-order valence-corrected chi connectivity index (χ0v) is 43.0. The summed E-state index contributed by atoms with van der Waals surface area (Å²) in [4.78, 5) is 22.8. The quantitative estimate of drug-likeness (QED) is 0.0243. The van der Waals surface area contributed by atoms with E-state index >= 15 is 0 Å². The van der Waals surface area contributed by atoms with Gasteiger partial charge in [-0.1, -0.05) is 264 Å². The van der Waals surface area contributed by atoms with Gasteiger partial charge in [0.25, 0.3) is 0 Å². The molecule has 0 aromatic heterocycles. The maximum absolute atomic E-state index is 12.7. The molecule has 0 aromatic rings. The van der Waals surface area contributed by atoms with Gasteiger partial charge in [0.2, 0.25) is 5.91 Å². The van der Waals surface area contributed by atoms with Gasteiger partial charge in [-0.15, -0.1) is 0 Å². The van der Waals surface area contributed by atoms with Crippen LogP contribution in [0.3, 0.4) is 0 Å². The molecular formula is C53H108N2O6P+. The molecule has 3 N–H and O–H groups in total. The summed E-state index contributed by atoms with van der Waals surface area (Å²) in [5.41, 5.74) is 0. The fourth-order valence-electron chi connectivity index (χ4n) is 8.23. The summed E-state index contributed by atoms with van der Waals surface area (Å²) >= 11 is 0. The summed E-state index contributed by atoms with van der Waals surface area (Å²) in [7, 11) is 1.58. The van der Waals surface area contributed by atoms with Crippen LogP contribution in [0.1, 0.15) is 271 Å². The first-order chi connectivity index (χ1) is 30.0. The molecule has 0 saturated carbocycles. The first kappa shape index (κ1) is 61.2. The van der Waals surface area contributed by atoms with E-state index in [-0.39, 0.29) is 19.1 Å². The molecule has 0 aliphatic heterocycles. The second-order valence-corrected chi connectivity index (χ2v) is 21.4. The Bertz CT molecular complexity index is 1020. The molecule has 0 rings (SSSR count). The number of phosphoric ester groups is 1. The Morgan fingerprint density at radius 1 is 0.532 bits per heavy atom. The van der Waals surface area contributed by atoms with Crippen LogP contribution in [0.4, 0.5) is 0 Å². The minimum atomic E-state index is -4.31. The number of nitrogens with zero attached hydrogens (tertiary/aromatic N) is 1. The molecule has 3 unspecified atom stereocenters. The monoisotopic (exact) mass is 900 g/mol. The Labute approximate surface area is 386 Å². The number of phosphoric acid groups is 1. The van der Waals surface area contributed by atoms with Gasteiger partial charge in [-0.05, 0) is 12.8 Å². The summed E-state index contributed by atoms with van der Waals surface area (Å²) in [5.74, 6) is -0.184. The Morgan fingerprint density at radius 3 is 1.16 bits per heavy atom. The maximum atomic E-state index is 12.7. The third-order valence-electron chi connectivity index (χ3n) is 12.5. The number of carbonyl (C=O) groups is 1. The Kier molecular flexibility index (Phi) is 44.8. The number of nitrogens with one attached hydrogen (secondary N) is 1. The van der Waals surface area contributed by atoms with Gasteiger partial charge in [-0.3, -0.25) is 13.8 Å². The lowest BCUT2D eigenvalue weighted by Gasteiger charge is -2.25. The van der Waals surface area contributed by atoms with Gasteiger partial charge in [0.15, 0.2) is 0 Å². The fourth-order valence-corrected chi connectivity index (χ4v) is 8.96. The summed E-state index contributed by atoms with van der Waals surface area (Å²) in [6.07, 6.45) is 55.9. The SMILES string of the molecule is CCC/C=C/C(O)C(COP(=O)(O)OCC[N+](C)(C)C)NC(=O)CCCCCCCCCCCCCCCCCCCCCCCCCCCCCCCCCCCCCCC. The molecule has 0 bridgehead atoms. The van der Waals surface area contributed by atoms with Gasteiger partial charge in [0, 0.05) is 6.42 Å². The molecule has 8 nitrogen and oxygen atoms in total. The molecule has 1 amide bonds. The number of allylic oxidation sites excluding steroid dienone is 1. The number of hydrogen-bond acceptors (Lipinski definition) is 5. The van der Waals surface area contributed by atoms with Crippen LogP contribution in [0.25, 0.3) is 0 Å². The zero-order chi connectivity index (χ0) is 45.7. The van der Waals surface area contributed by atoms with E-state index in [0.29, 0.717) is 17.4 Å². The molecular weight excluding hydrogens is 792 g/mol. The highest BCUT2D eigenvalue weighted by atomic mass is 31.2. The number of amides is 1. The van der Waals surface area contributed by atoms with Crippen LogP contribution >= 0.6 is 7.82 Å². The van der Waals surface area contributed by atoms with Gasteiger partial charge in [-0.25, -0.2) is 4.57 Å². The van der Waals surface area contributed by atoms with E-state index < -0.39 is 20.0 Å². The molecule has 9 heteroatoms. The minimum Gasteiger partial charge on any atom is -0.387 e. The van der Waals surface area contributed by atoms with Crippen molar-refractivity contribution < 1.29 is 32.9 Å². The van der Waals surface area contributed by atoms with Crippen molar-refractivity contribution in [3.63, 3.8) is 0 Å². The largest absolute Gasteiger partial charge is 0.472 e. The van der Waals surface area contributed by atoms with Crippen LogP contribution in [-0.4, -0.2) is 73.4 Å². The predicted octanol–water partition coefficient (Wildman–Crippen LogP) is 15.9. The molecule has 0 fully saturated rings. The molecule has 0 heterocycles. The van der Waals surface area contributed by atoms with Crippen LogP contribution in [-0.2, 0) is 18.4 Å². The van der Waals surface area contributed by atoms with E-state index in [4.69, 9.17) is 9.05 Å².